The number of aromatic nitrogens is 1. The van der Waals surface area contributed by atoms with E-state index in [0.717, 1.165) is 25.2 Å². The molecule has 1 unspecified atom stereocenters. The third-order valence-electron chi connectivity index (χ3n) is 2.96. The molecule has 0 aliphatic carbocycles. The van der Waals surface area contributed by atoms with Gasteiger partial charge in [0.15, 0.2) is 0 Å². The maximum atomic E-state index is 11.9. The molecule has 0 bridgehead atoms. The van der Waals surface area contributed by atoms with Crippen molar-refractivity contribution in [3.63, 3.8) is 0 Å². The SMILES string of the molecule is Cc1ccc(C(=O)NC2(C)CCNC2)cn1. The third kappa shape index (κ3) is 2.39. The Morgan fingerprint density at radius 2 is 2.38 bits per heavy atom. The van der Waals surface area contributed by atoms with Crippen LogP contribution in [0, 0.1) is 6.92 Å². The van der Waals surface area contributed by atoms with E-state index in [1.165, 1.54) is 0 Å². The summed E-state index contributed by atoms with van der Waals surface area (Å²) in [7, 11) is 0. The first-order valence-corrected chi connectivity index (χ1v) is 5.55. The molecule has 1 saturated heterocycles. The van der Waals surface area contributed by atoms with Crippen molar-refractivity contribution < 1.29 is 4.79 Å². The number of amides is 1. The highest BCUT2D eigenvalue weighted by molar-refractivity contribution is 5.94. The van der Waals surface area contributed by atoms with Gasteiger partial charge in [0.05, 0.1) is 11.1 Å². The van der Waals surface area contributed by atoms with Gasteiger partial charge in [0.1, 0.15) is 0 Å². The summed E-state index contributed by atoms with van der Waals surface area (Å²) in [4.78, 5) is 16.1. The van der Waals surface area contributed by atoms with Crippen LogP contribution in [-0.2, 0) is 0 Å². The average molecular weight is 219 g/mol. The van der Waals surface area contributed by atoms with E-state index in [4.69, 9.17) is 0 Å². The van der Waals surface area contributed by atoms with E-state index in [2.05, 4.69) is 22.5 Å². The number of carbonyl (C=O) groups is 1. The van der Waals surface area contributed by atoms with Crippen LogP contribution in [0.2, 0.25) is 0 Å². The van der Waals surface area contributed by atoms with E-state index < -0.39 is 0 Å². The van der Waals surface area contributed by atoms with Crippen LogP contribution in [0.5, 0.6) is 0 Å². The summed E-state index contributed by atoms with van der Waals surface area (Å²) in [5, 5.41) is 6.30. The number of nitrogens with one attached hydrogen (secondary N) is 2. The molecular formula is C12H17N3O. The fourth-order valence-electron chi connectivity index (χ4n) is 1.87. The smallest absolute Gasteiger partial charge is 0.253 e. The predicted molar refractivity (Wildman–Crippen MR) is 62.3 cm³/mol. The highest BCUT2D eigenvalue weighted by Crippen LogP contribution is 2.14. The van der Waals surface area contributed by atoms with E-state index in [0.29, 0.717) is 5.56 Å². The molecule has 0 saturated carbocycles. The molecule has 1 amide bonds. The first-order chi connectivity index (χ1) is 7.59. The van der Waals surface area contributed by atoms with Gasteiger partial charge in [-0.1, -0.05) is 0 Å². The molecule has 1 aromatic heterocycles. The van der Waals surface area contributed by atoms with Crippen molar-refractivity contribution in [1.82, 2.24) is 15.6 Å². The van der Waals surface area contributed by atoms with Crippen LogP contribution < -0.4 is 10.6 Å². The van der Waals surface area contributed by atoms with Gasteiger partial charge < -0.3 is 10.6 Å². The Kier molecular flexibility index (Phi) is 2.92. The molecule has 1 aliphatic rings. The molecular weight excluding hydrogens is 202 g/mol. The summed E-state index contributed by atoms with van der Waals surface area (Å²) in [6.45, 7) is 5.76. The molecule has 4 heteroatoms. The molecule has 2 rings (SSSR count). The van der Waals surface area contributed by atoms with E-state index in [1.807, 2.05) is 19.1 Å². The third-order valence-corrected chi connectivity index (χ3v) is 2.96. The Balaban J connectivity index is 2.05. The Labute approximate surface area is 95.5 Å². The van der Waals surface area contributed by atoms with E-state index in [9.17, 15) is 4.79 Å². The summed E-state index contributed by atoms with van der Waals surface area (Å²) >= 11 is 0. The first kappa shape index (κ1) is 11.1. The van der Waals surface area contributed by atoms with E-state index in [-0.39, 0.29) is 11.4 Å². The molecule has 86 valence electrons. The van der Waals surface area contributed by atoms with Gasteiger partial charge in [0.25, 0.3) is 5.91 Å². The highest BCUT2D eigenvalue weighted by atomic mass is 16.1. The maximum Gasteiger partial charge on any atom is 0.253 e. The molecule has 1 aliphatic heterocycles. The molecule has 2 heterocycles. The second kappa shape index (κ2) is 4.22. The van der Waals surface area contributed by atoms with Crippen molar-refractivity contribution in [3.8, 4) is 0 Å². The topological polar surface area (TPSA) is 54.0 Å². The Bertz CT molecular complexity index is 380. The summed E-state index contributed by atoms with van der Waals surface area (Å²) in [6.07, 6.45) is 2.59. The summed E-state index contributed by atoms with van der Waals surface area (Å²) in [5.74, 6) is -0.0429. The normalized spacial score (nSPS) is 24.4. The molecule has 2 N–H and O–H groups in total. The number of hydrogen-bond donors (Lipinski definition) is 2. The van der Waals surface area contributed by atoms with Crippen LogP contribution in [0.15, 0.2) is 18.3 Å². The van der Waals surface area contributed by atoms with Gasteiger partial charge in [-0.2, -0.15) is 0 Å². The van der Waals surface area contributed by atoms with Crippen LogP contribution in [0.4, 0.5) is 0 Å². The molecule has 0 spiro atoms. The van der Waals surface area contributed by atoms with Gasteiger partial charge in [-0.15, -0.1) is 0 Å². The minimum absolute atomic E-state index is 0.0429. The van der Waals surface area contributed by atoms with Crippen LogP contribution in [-0.4, -0.2) is 29.5 Å². The second-order valence-corrected chi connectivity index (χ2v) is 4.63. The molecule has 0 aromatic carbocycles. The van der Waals surface area contributed by atoms with Gasteiger partial charge >= 0.3 is 0 Å². The van der Waals surface area contributed by atoms with Crippen LogP contribution in [0.3, 0.4) is 0 Å². The van der Waals surface area contributed by atoms with Gasteiger partial charge in [-0.05, 0) is 38.9 Å². The summed E-state index contributed by atoms with van der Waals surface area (Å²) in [5.41, 5.74) is 1.42. The Hall–Kier alpha value is -1.42. The van der Waals surface area contributed by atoms with Crippen LogP contribution in [0.1, 0.15) is 29.4 Å². The quantitative estimate of drug-likeness (QED) is 0.776. The van der Waals surface area contributed by atoms with Crippen LogP contribution >= 0.6 is 0 Å². The number of carbonyl (C=O) groups excluding carboxylic acids is 1. The van der Waals surface area contributed by atoms with Crippen molar-refractivity contribution >= 4 is 5.91 Å². The number of aryl methyl sites for hydroxylation is 1. The van der Waals surface area contributed by atoms with E-state index >= 15 is 0 Å². The number of nitrogens with zero attached hydrogens (tertiary/aromatic N) is 1. The van der Waals surface area contributed by atoms with Gasteiger partial charge in [-0.25, -0.2) is 0 Å². The lowest BCUT2D eigenvalue weighted by Gasteiger charge is -2.24. The molecule has 1 atom stereocenters. The summed E-state index contributed by atoms with van der Waals surface area (Å²) < 4.78 is 0. The largest absolute Gasteiger partial charge is 0.346 e. The van der Waals surface area contributed by atoms with Crippen molar-refractivity contribution in [1.29, 1.82) is 0 Å². The number of rotatable bonds is 2. The zero-order chi connectivity index (χ0) is 11.6. The lowest BCUT2D eigenvalue weighted by molar-refractivity contribution is 0.0912. The lowest BCUT2D eigenvalue weighted by Crippen LogP contribution is -2.47. The first-order valence-electron chi connectivity index (χ1n) is 5.55. The molecule has 1 aromatic rings. The second-order valence-electron chi connectivity index (χ2n) is 4.63. The highest BCUT2D eigenvalue weighted by Gasteiger charge is 2.30. The fourth-order valence-corrected chi connectivity index (χ4v) is 1.87. The number of hydrogen-bond acceptors (Lipinski definition) is 3. The molecule has 1 fully saturated rings. The molecule has 16 heavy (non-hydrogen) atoms. The van der Waals surface area contributed by atoms with E-state index in [1.54, 1.807) is 6.20 Å². The lowest BCUT2D eigenvalue weighted by atomic mass is 10.0. The van der Waals surface area contributed by atoms with Gasteiger partial charge in [0.2, 0.25) is 0 Å². The van der Waals surface area contributed by atoms with Crippen molar-refractivity contribution in [2.75, 3.05) is 13.1 Å². The minimum atomic E-state index is -0.123. The van der Waals surface area contributed by atoms with Gasteiger partial charge in [0, 0.05) is 18.4 Å². The Morgan fingerprint density at radius 1 is 1.56 bits per heavy atom. The minimum Gasteiger partial charge on any atom is -0.346 e. The zero-order valence-electron chi connectivity index (χ0n) is 9.71. The molecule has 0 radical (unpaired) electrons. The van der Waals surface area contributed by atoms with Gasteiger partial charge in [-0.3, -0.25) is 9.78 Å². The maximum absolute atomic E-state index is 11.9. The monoisotopic (exact) mass is 219 g/mol. The van der Waals surface area contributed by atoms with Crippen LogP contribution in [0.25, 0.3) is 0 Å². The fraction of sp³-hybridized carbons (Fsp3) is 0.500. The van der Waals surface area contributed by atoms with Crippen molar-refractivity contribution in [2.24, 2.45) is 0 Å². The standard InChI is InChI=1S/C12H17N3O/c1-9-3-4-10(7-14-9)11(16)15-12(2)5-6-13-8-12/h3-4,7,13H,5-6,8H2,1-2H3,(H,15,16). The predicted octanol–water partition coefficient (Wildman–Crippen LogP) is 0.872. The van der Waals surface area contributed by atoms with Crippen molar-refractivity contribution in [3.05, 3.63) is 29.6 Å². The summed E-state index contributed by atoms with van der Waals surface area (Å²) in [6, 6.07) is 3.66. The zero-order valence-corrected chi connectivity index (χ0v) is 9.71. The number of pyridine rings is 1. The Morgan fingerprint density at radius 3 is 2.94 bits per heavy atom. The average Bonchev–Trinajstić information content (AvgIpc) is 2.65. The van der Waals surface area contributed by atoms with Crippen molar-refractivity contribution in [2.45, 2.75) is 25.8 Å². The molecule has 4 nitrogen and oxygen atoms in total.